The van der Waals surface area contributed by atoms with Crippen molar-refractivity contribution < 1.29 is 9.59 Å². The van der Waals surface area contributed by atoms with Gasteiger partial charge in [-0.15, -0.1) is 0 Å². The molecule has 0 aromatic heterocycles. The first kappa shape index (κ1) is 11.4. The highest BCUT2D eigenvalue weighted by molar-refractivity contribution is 5.91. The molecule has 2 N–H and O–H groups in total. The SMILES string of the molecule is CC1CNCC(C)N1C(=O)[C@H]1CCC(=O)N1. The van der Waals surface area contributed by atoms with Crippen LogP contribution in [0.25, 0.3) is 0 Å². The number of nitrogens with zero attached hydrogens (tertiary/aromatic N) is 1. The van der Waals surface area contributed by atoms with Gasteiger partial charge in [0.1, 0.15) is 6.04 Å². The number of hydrogen-bond acceptors (Lipinski definition) is 3. The Bertz CT molecular complexity index is 296. The molecule has 0 saturated carbocycles. The average molecular weight is 225 g/mol. The van der Waals surface area contributed by atoms with Gasteiger partial charge >= 0.3 is 0 Å². The molecule has 3 atom stereocenters. The summed E-state index contributed by atoms with van der Waals surface area (Å²) in [4.78, 5) is 25.3. The topological polar surface area (TPSA) is 61.4 Å². The Hall–Kier alpha value is -1.10. The Morgan fingerprint density at radius 2 is 1.94 bits per heavy atom. The molecule has 16 heavy (non-hydrogen) atoms. The number of carbonyl (C=O) groups excluding carboxylic acids is 2. The highest BCUT2D eigenvalue weighted by atomic mass is 16.2. The van der Waals surface area contributed by atoms with Crippen molar-refractivity contribution in [3.8, 4) is 0 Å². The van der Waals surface area contributed by atoms with Crippen LogP contribution in [0, 0.1) is 0 Å². The van der Waals surface area contributed by atoms with Crippen molar-refractivity contribution in [2.75, 3.05) is 13.1 Å². The first-order chi connectivity index (χ1) is 7.59. The second-order valence-corrected chi connectivity index (χ2v) is 4.76. The number of rotatable bonds is 1. The summed E-state index contributed by atoms with van der Waals surface area (Å²) >= 11 is 0. The fourth-order valence-electron chi connectivity index (χ4n) is 2.55. The summed E-state index contributed by atoms with van der Waals surface area (Å²) in [7, 11) is 0. The Labute approximate surface area is 95.6 Å². The molecule has 90 valence electrons. The number of carbonyl (C=O) groups is 2. The molecule has 5 nitrogen and oxygen atoms in total. The van der Waals surface area contributed by atoms with Gasteiger partial charge in [-0.3, -0.25) is 9.59 Å². The maximum absolute atomic E-state index is 12.3. The molecule has 0 aromatic rings. The molecular formula is C11H19N3O2. The monoisotopic (exact) mass is 225 g/mol. The van der Waals surface area contributed by atoms with Gasteiger partial charge in [0.2, 0.25) is 11.8 Å². The molecule has 2 aliphatic heterocycles. The maximum Gasteiger partial charge on any atom is 0.245 e. The molecule has 2 rings (SSSR count). The maximum atomic E-state index is 12.3. The van der Waals surface area contributed by atoms with Crippen molar-refractivity contribution in [2.24, 2.45) is 0 Å². The molecule has 2 saturated heterocycles. The lowest BCUT2D eigenvalue weighted by atomic mass is 10.1. The second-order valence-electron chi connectivity index (χ2n) is 4.76. The first-order valence-electron chi connectivity index (χ1n) is 5.92. The molecule has 0 spiro atoms. The molecule has 0 aromatic carbocycles. The van der Waals surface area contributed by atoms with E-state index in [1.807, 2.05) is 18.7 Å². The van der Waals surface area contributed by atoms with Crippen molar-refractivity contribution in [3.05, 3.63) is 0 Å². The van der Waals surface area contributed by atoms with E-state index in [0.29, 0.717) is 12.8 Å². The van der Waals surface area contributed by atoms with E-state index in [0.717, 1.165) is 13.1 Å². The molecule has 0 radical (unpaired) electrons. The van der Waals surface area contributed by atoms with Gasteiger partial charge in [-0.05, 0) is 20.3 Å². The highest BCUT2D eigenvalue weighted by Gasteiger charge is 2.36. The summed E-state index contributed by atoms with van der Waals surface area (Å²) in [6, 6.07) is 0.109. The van der Waals surface area contributed by atoms with E-state index < -0.39 is 0 Å². The van der Waals surface area contributed by atoms with Crippen LogP contribution in [0.15, 0.2) is 0 Å². The van der Waals surface area contributed by atoms with E-state index in [9.17, 15) is 9.59 Å². The zero-order valence-corrected chi connectivity index (χ0v) is 9.82. The molecular weight excluding hydrogens is 206 g/mol. The van der Waals surface area contributed by atoms with E-state index in [4.69, 9.17) is 0 Å². The van der Waals surface area contributed by atoms with E-state index >= 15 is 0 Å². The van der Waals surface area contributed by atoms with Crippen LogP contribution in [0.3, 0.4) is 0 Å². The minimum atomic E-state index is -0.296. The third-order valence-electron chi connectivity index (χ3n) is 3.38. The molecule has 2 fully saturated rings. The molecule has 2 unspecified atom stereocenters. The summed E-state index contributed by atoms with van der Waals surface area (Å²) in [6.45, 7) is 5.74. The molecule has 2 amide bonds. The normalized spacial score (nSPS) is 35.0. The standard InChI is InChI=1S/C11H19N3O2/c1-7-5-12-6-8(2)14(7)11(16)9-3-4-10(15)13-9/h7-9,12H,3-6H2,1-2H3,(H,13,15)/t7?,8?,9-/m1/s1. The number of amides is 2. The third-order valence-corrected chi connectivity index (χ3v) is 3.38. The van der Waals surface area contributed by atoms with Crippen LogP contribution in [0.4, 0.5) is 0 Å². The molecule has 5 heteroatoms. The summed E-state index contributed by atoms with van der Waals surface area (Å²) in [5, 5.41) is 6.03. The second kappa shape index (κ2) is 4.41. The van der Waals surface area contributed by atoms with Gasteiger partial charge in [-0.1, -0.05) is 0 Å². The Kier molecular flexibility index (Phi) is 3.14. The van der Waals surface area contributed by atoms with Crippen molar-refractivity contribution in [2.45, 2.75) is 44.8 Å². The van der Waals surface area contributed by atoms with E-state index in [-0.39, 0.29) is 29.9 Å². The van der Waals surface area contributed by atoms with Crippen molar-refractivity contribution in [3.63, 3.8) is 0 Å². The van der Waals surface area contributed by atoms with Gasteiger partial charge in [0.05, 0.1) is 0 Å². The number of piperazine rings is 1. The number of nitrogens with one attached hydrogen (secondary N) is 2. The quantitative estimate of drug-likeness (QED) is 0.631. The van der Waals surface area contributed by atoms with Gasteiger partial charge in [0, 0.05) is 31.6 Å². The lowest BCUT2D eigenvalue weighted by Crippen LogP contribution is -2.60. The largest absolute Gasteiger partial charge is 0.344 e. The minimum Gasteiger partial charge on any atom is -0.344 e. The Morgan fingerprint density at radius 1 is 1.31 bits per heavy atom. The van der Waals surface area contributed by atoms with E-state index in [1.165, 1.54) is 0 Å². The fourth-order valence-corrected chi connectivity index (χ4v) is 2.55. The van der Waals surface area contributed by atoms with Crippen LogP contribution in [-0.2, 0) is 9.59 Å². The molecule has 2 heterocycles. The Balaban J connectivity index is 2.04. The molecule has 2 aliphatic rings. The van der Waals surface area contributed by atoms with Crippen LogP contribution < -0.4 is 10.6 Å². The van der Waals surface area contributed by atoms with Gasteiger partial charge in [0.25, 0.3) is 0 Å². The summed E-state index contributed by atoms with van der Waals surface area (Å²) in [5.41, 5.74) is 0. The Morgan fingerprint density at radius 3 is 2.44 bits per heavy atom. The van der Waals surface area contributed by atoms with E-state index in [1.54, 1.807) is 0 Å². The first-order valence-corrected chi connectivity index (χ1v) is 5.92. The van der Waals surface area contributed by atoms with Crippen molar-refractivity contribution >= 4 is 11.8 Å². The van der Waals surface area contributed by atoms with Gasteiger partial charge < -0.3 is 15.5 Å². The zero-order chi connectivity index (χ0) is 11.7. The fraction of sp³-hybridized carbons (Fsp3) is 0.818. The van der Waals surface area contributed by atoms with Gasteiger partial charge in [0.15, 0.2) is 0 Å². The smallest absolute Gasteiger partial charge is 0.245 e. The summed E-state index contributed by atoms with van der Waals surface area (Å²) in [5.74, 6) is 0.0705. The van der Waals surface area contributed by atoms with E-state index in [2.05, 4.69) is 10.6 Å². The van der Waals surface area contributed by atoms with Crippen LogP contribution in [-0.4, -0.2) is 47.9 Å². The predicted octanol–water partition coefficient (Wildman–Crippen LogP) is -0.526. The van der Waals surface area contributed by atoms with Gasteiger partial charge in [-0.25, -0.2) is 0 Å². The molecule has 0 aliphatic carbocycles. The molecule has 0 bridgehead atoms. The van der Waals surface area contributed by atoms with Crippen LogP contribution >= 0.6 is 0 Å². The zero-order valence-electron chi connectivity index (χ0n) is 9.82. The van der Waals surface area contributed by atoms with Crippen molar-refractivity contribution in [1.29, 1.82) is 0 Å². The lowest BCUT2D eigenvalue weighted by molar-refractivity contribution is -0.139. The lowest BCUT2D eigenvalue weighted by Gasteiger charge is -2.40. The number of hydrogen-bond donors (Lipinski definition) is 2. The predicted molar refractivity (Wildman–Crippen MR) is 59.8 cm³/mol. The van der Waals surface area contributed by atoms with Gasteiger partial charge in [-0.2, -0.15) is 0 Å². The van der Waals surface area contributed by atoms with Crippen LogP contribution in [0.2, 0.25) is 0 Å². The van der Waals surface area contributed by atoms with Crippen LogP contribution in [0.5, 0.6) is 0 Å². The highest BCUT2D eigenvalue weighted by Crippen LogP contribution is 2.16. The third kappa shape index (κ3) is 2.04. The van der Waals surface area contributed by atoms with Crippen LogP contribution in [0.1, 0.15) is 26.7 Å². The minimum absolute atomic E-state index is 0.00575. The summed E-state index contributed by atoms with van der Waals surface area (Å²) < 4.78 is 0. The average Bonchev–Trinajstić information content (AvgIpc) is 2.64. The van der Waals surface area contributed by atoms with Crippen molar-refractivity contribution in [1.82, 2.24) is 15.5 Å². The summed E-state index contributed by atoms with van der Waals surface area (Å²) in [6.07, 6.45) is 1.12.